The second-order valence-electron chi connectivity index (χ2n) is 12.6. The summed E-state index contributed by atoms with van der Waals surface area (Å²) in [6, 6.07) is 17.9. The molecule has 6 unspecified atom stereocenters. The Bertz CT molecular complexity index is 2200. The van der Waals surface area contributed by atoms with Crippen LogP contribution in [0.2, 0.25) is 0 Å². The van der Waals surface area contributed by atoms with Crippen LogP contribution in [-0.2, 0) is 11.2 Å². The molecular weight excluding hydrogens is 634 g/mol. The molecule has 8 N–H and O–H groups in total. The van der Waals surface area contributed by atoms with Crippen molar-refractivity contribution in [3.63, 3.8) is 0 Å². The monoisotopic (exact) mass is 665 g/mol. The minimum atomic E-state index is -1.67. The highest BCUT2D eigenvalue weighted by molar-refractivity contribution is 6.33. The number of hydrogen-bond acceptors (Lipinski definition) is 11. The Kier molecular flexibility index (Phi) is 7.30. The van der Waals surface area contributed by atoms with E-state index < -0.39 is 54.9 Å². The molecule has 2 amide bonds. The fraction of sp³-hybridized carbons (Fsp3) is 0.250. The number of carbonyl (C=O) groups is 3. The summed E-state index contributed by atoms with van der Waals surface area (Å²) < 4.78 is 5.98. The number of rotatable bonds is 6. The van der Waals surface area contributed by atoms with Crippen LogP contribution >= 0.6 is 0 Å². The van der Waals surface area contributed by atoms with Crippen LogP contribution in [0.5, 0.6) is 11.5 Å². The van der Waals surface area contributed by atoms with Crippen LogP contribution in [0.4, 0.5) is 0 Å². The van der Waals surface area contributed by atoms with Gasteiger partial charge in [0.1, 0.15) is 35.9 Å². The summed E-state index contributed by atoms with van der Waals surface area (Å²) in [5, 5.41) is 66.0. The molecule has 0 radical (unpaired) electrons. The molecule has 250 valence electrons. The number of para-hydroxylation sites is 1. The number of aliphatic hydroxyl groups is 4. The van der Waals surface area contributed by atoms with Gasteiger partial charge >= 0.3 is 0 Å². The van der Waals surface area contributed by atoms with Crippen molar-refractivity contribution in [2.75, 3.05) is 13.2 Å². The molecule has 2 aliphatic heterocycles. The summed E-state index contributed by atoms with van der Waals surface area (Å²) in [5.74, 6) is -2.96. The van der Waals surface area contributed by atoms with Crippen LogP contribution in [0, 0.1) is 0 Å². The fourth-order valence-electron chi connectivity index (χ4n) is 7.71. The van der Waals surface area contributed by atoms with Crippen molar-refractivity contribution in [3.05, 3.63) is 94.5 Å². The number of hydrazine groups is 1. The molecule has 1 aromatic heterocycles. The van der Waals surface area contributed by atoms with E-state index in [1.54, 1.807) is 54.6 Å². The third-order valence-corrected chi connectivity index (χ3v) is 9.97. The smallest absolute Gasteiger partial charge is 0.276 e. The summed E-state index contributed by atoms with van der Waals surface area (Å²) in [4.78, 5) is 44.8. The third kappa shape index (κ3) is 4.51. The standard InChI is InChI=1S/C36H31N3O10/c40-14-23-31(44)32(45)33(46)34(49-23)19-12-18-25(16-8-4-10-20(41)24(16)19)27-28(26-17-9-5-11-21(42)29(17)38-30(18)26)36(48)39(35(27)47)37-13-22(43)15-6-2-1-3-7-15/h1-11,19,23,31-34,37-38,40-42,44-46H,12-14H2. The van der Waals surface area contributed by atoms with Crippen molar-refractivity contribution in [2.45, 2.75) is 42.9 Å². The number of hydrogen-bond donors (Lipinski definition) is 8. The van der Waals surface area contributed by atoms with Crippen LogP contribution in [0.15, 0.2) is 66.7 Å². The average molecular weight is 666 g/mol. The maximum absolute atomic E-state index is 14.3. The van der Waals surface area contributed by atoms with Gasteiger partial charge in [-0.05, 0) is 29.7 Å². The Hall–Kier alpha value is -5.15. The van der Waals surface area contributed by atoms with E-state index in [9.17, 15) is 45.0 Å². The average Bonchev–Trinajstić information content (AvgIpc) is 3.61. The highest BCUT2D eigenvalue weighted by Crippen LogP contribution is 2.53. The summed E-state index contributed by atoms with van der Waals surface area (Å²) in [5.41, 5.74) is 5.36. The van der Waals surface area contributed by atoms with Crippen LogP contribution < -0.4 is 5.43 Å². The predicted octanol–water partition coefficient (Wildman–Crippen LogP) is 1.86. The molecule has 13 nitrogen and oxygen atoms in total. The third-order valence-electron chi connectivity index (χ3n) is 9.97. The van der Waals surface area contributed by atoms with Gasteiger partial charge in [0.05, 0.1) is 41.4 Å². The Morgan fingerprint density at radius 3 is 2.31 bits per heavy atom. The SMILES string of the molecule is O=C(CNN1C(=O)c2c3c(c4[nH]c5c(O)cccc5c4c2C1=O)CC(C1OC(CO)C(O)C(O)C1O)c1c(O)cccc1-3)c1ccccc1. The number of phenolic OH excluding ortho intramolecular Hbond substituents is 2. The highest BCUT2D eigenvalue weighted by atomic mass is 16.5. The summed E-state index contributed by atoms with van der Waals surface area (Å²) >= 11 is 0. The maximum Gasteiger partial charge on any atom is 0.276 e. The first-order valence-corrected chi connectivity index (χ1v) is 15.8. The van der Waals surface area contributed by atoms with Crippen molar-refractivity contribution in [3.8, 4) is 22.6 Å². The van der Waals surface area contributed by atoms with E-state index in [1.165, 1.54) is 12.1 Å². The number of carbonyl (C=O) groups excluding carboxylic acids is 3. The Morgan fingerprint density at radius 2 is 1.55 bits per heavy atom. The first kappa shape index (κ1) is 31.1. The molecule has 1 aliphatic carbocycles. The largest absolute Gasteiger partial charge is 0.508 e. The van der Waals surface area contributed by atoms with E-state index in [-0.39, 0.29) is 46.9 Å². The van der Waals surface area contributed by atoms with E-state index in [0.29, 0.717) is 44.1 Å². The lowest BCUT2D eigenvalue weighted by atomic mass is 9.71. The van der Waals surface area contributed by atoms with Gasteiger partial charge in [-0.15, -0.1) is 0 Å². The van der Waals surface area contributed by atoms with E-state index >= 15 is 0 Å². The molecule has 1 fully saturated rings. The lowest BCUT2D eigenvalue weighted by Crippen LogP contribution is -2.60. The zero-order valence-electron chi connectivity index (χ0n) is 25.7. The number of benzene rings is 4. The molecule has 6 atom stereocenters. The molecule has 0 spiro atoms. The van der Waals surface area contributed by atoms with E-state index in [4.69, 9.17) is 4.74 Å². The number of aromatic hydroxyl groups is 2. The number of aromatic nitrogens is 1. The Labute approximate surface area is 277 Å². The molecule has 1 saturated heterocycles. The number of amides is 2. The highest BCUT2D eigenvalue weighted by Gasteiger charge is 2.50. The summed E-state index contributed by atoms with van der Waals surface area (Å²) in [6.45, 7) is -1.00. The molecule has 0 bridgehead atoms. The zero-order valence-corrected chi connectivity index (χ0v) is 25.7. The second kappa shape index (κ2) is 11.5. The van der Waals surface area contributed by atoms with E-state index in [0.717, 1.165) is 5.01 Å². The molecule has 0 saturated carbocycles. The number of nitrogens with zero attached hydrogens (tertiary/aromatic N) is 1. The number of H-pyrrole nitrogens is 1. The topological polar surface area (TPSA) is 213 Å². The van der Waals surface area contributed by atoms with Crippen molar-refractivity contribution in [1.82, 2.24) is 15.4 Å². The number of Topliss-reactive ketones (excluding diaryl/α,β-unsaturated/α-hetero) is 1. The molecule has 8 rings (SSSR count). The van der Waals surface area contributed by atoms with Gasteiger partial charge in [-0.1, -0.05) is 54.6 Å². The number of nitrogens with one attached hydrogen (secondary N) is 2. The van der Waals surface area contributed by atoms with Crippen LogP contribution in [0.25, 0.3) is 32.9 Å². The molecule has 4 aromatic carbocycles. The van der Waals surface area contributed by atoms with Gasteiger partial charge in [0.15, 0.2) is 5.78 Å². The minimum Gasteiger partial charge on any atom is -0.508 e. The number of phenols is 2. The second-order valence-corrected chi connectivity index (χ2v) is 12.6. The molecule has 5 aromatic rings. The van der Waals surface area contributed by atoms with Crippen LogP contribution in [0.1, 0.15) is 48.1 Å². The van der Waals surface area contributed by atoms with Gasteiger partial charge in [0, 0.05) is 33.4 Å². The molecule has 3 heterocycles. The van der Waals surface area contributed by atoms with Crippen molar-refractivity contribution < 1.29 is 49.8 Å². The predicted molar refractivity (Wildman–Crippen MR) is 174 cm³/mol. The first-order valence-electron chi connectivity index (χ1n) is 15.8. The lowest BCUT2D eigenvalue weighted by Gasteiger charge is -2.45. The fourth-order valence-corrected chi connectivity index (χ4v) is 7.71. The van der Waals surface area contributed by atoms with Gasteiger partial charge in [-0.3, -0.25) is 14.4 Å². The number of ketones is 1. The summed E-state index contributed by atoms with van der Waals surface area (Å²) in [7, 11) is 0. The maximum atomic E-state index is 14.3. The quantitative estimate of drug-likeness (QED) is 0.0969. The number of imide groups is 1. The van der Waals surface area contributed by atoms with Gasteiger partial charge in [0.25, 0.3) is 11.8 Å². The number of aliphatic hydroxyl groups excluding tert-OH is 4. The van der Waals surface area contributed by atoms with Gasteiger partial charge < -0.3 is 40.4 Å². The number of aromatic amines is 1. The van der Waals surface area contributed by atoms with Crippen molar-refractivity contribution in [2.24, 2.45) is 0 Å². The normalized spacial score (nSPS) is 24.7. The Balaban J connectivity index is 1.33. The van der Waals surface area contributed by atoms with E-state index in [1.807, 2.05) is 0 Å². The summed E-state index contributed by atoms with van der Waals surface area (Å²) in [6.07, 6.45) is -7.33. The minimum absolute atomic E-state index is 0.00134. The van der Waals surface area contributed by atoms with Crippen molar-refractivity contribution in [1.29, 1.82) is 0 Å². The number of fused-ring (bicyclic) bond motifs is 10. The van der Waals surface area contributed by atoms with Gasteiger partial charge in [0.2, 0.25) is 0 Å². The van der Waals surface area contributed by atoms with Gasteiger partial charge in [-0.2, -0.15) is 0 Å². The zero-order chi connectivity index (χ0) is 34.3. The first-order chi connectivity index (χ1) is 23.6. The lowest BCUT2D eigenvalue weighted by molar-refractivity contribution is -0.234. The van der Waals surface area contributed by atoms with Gasteiger partial charge in [-0.25, -0.2) is 10.4 Å². The Morgan fingerprint density at radius 1 is 0.837 bits per heavy atom. The van der Waals surface area contributed by atoms with E-state index in [2.05, 4.69) is 10.4 Å². The molecule has 3 aliphatic rings. The molecular formula is C36H31N3O10. The van der Waals surface area contributed by atoms with Crippen LogP contribution in [-0.4, -0.2) is 102 Å². The molecule has 13 heteroatoms. The molecule has 49 heavy (non-hydrogen) atoms. The number of ether oxygens (including phenoxy) is 1. The van der Waals surface area contributed by atoms with Crippen molar-refractivity contribution >= 4 is 39.4 Å². The van der Waals surface area contributed by atoms with Crippen LogP contribution in [0.3, 0.4) is 0 Å².